The van der Waals surface area contributed by atoms with Gasteiger partial charge in [0.15, 0.2) is 11.5 Å². The van der Waals surface area contributed by atoms with E-state index in [-0.39, 0.29) is 11.5 Å². The van der Waals surface area contributed by atoms with Crippen molar-refractivity contribution >= 4 is 23.1 Å². The number of aromatic amines is 1. The zero-order chi connectivity index (χ0) is 25.1. The molecule has 0 unspecified atom stereocenters. The number of benzene rings is 2. The molecule has 1 amide bonds. The largest absolute Gasteiger partial charge is 0.493 e. The summed E-state index contributed by atoms with van der Waals surface area (Å²) >= 11 is 1.51. The third-order valence-corrected chi connectivity index (χ3v) is 6.26. The van der Waals surface area contributed by atoms with Crippen LogP contribution < -0.4 is 20.3 Å². The van der Waals surface area contributed by atoms with Gasteiger partial charge in [-0.25, -0.2) is 4.98 Å². The van der Waals surface area contributed by atoms with Crippen LogP contribution in [0.25, 0.3) is 27.8 Å². The highest BCUT2D eigenvalue weighted by Gasteiger charge is 2.18. The normalized spacial score (nSPS) is 10.7. The fourth-order valence-corrected chi connectivity index (χ4v) is 4.33. The maximum Gasteiger partial charge on any atom is 0.256 e. The monoisotopic (exact) mass is 499 g/mol. The van der Waals surface area contributed by atoms with Gasteiger partial charge in [0.05, 0.1) is 24.8 Å². The number of carbonyl (C=O) groups excluding carboxylic acids is 1. The number of thiophene rings is 1. The molecule has 0 spiro atoms. The van der Waals surface area contributed by atoms with Crippen molar-refractivity contribution in [3.63, 3.8) is 0 Å². The minimum atomic E-state index is -0.392. The van der Waals surface area contributed by atoms with Crippen LogP contribution in [-0.4, -0.2) is 39.9 Å². The van der Waals surface area contributed by atoms with Gasteiger partial charge in [-0.15, -0.1) is 11.3 Å². The molecular formula is C26H21N5O4S. The summed E-state index contributed by atoms with van der Waals surface area (Å²) in [5.74, 6) is 1.06. The van der Waals surface area contributed by atoms with Crippen LogP contribution in [0.5, 0.6) is 11.5 Å². The van der Waals surface area contributed by atoms with Gasteiger partial charge in [0.25, 0.3) is 11.5 Å². The summed E-state index contributed by atoms with van der Waals surface area (Å²) in [5.41, 5.74) is 1.91. The van der Waals surface area contributed by atoms with Gasteiger partial charge in [-0.1, -0.05) is 36.4 Å². The number of nitrogens with zero attached hydrogens (tertiary/aromatic N) is 3. The standard InChI is InChI=1S/C26H21N5O4S/c1-34-20-11-10-17(13-21(20)35-2)25(33)28-23-14-19(22-9-6-12-36-22)30-31(23)26-27-18(15-24(32)29-26)16-7-4-3-5-8-16/h3-15H,1-2H3,(H,28,33)(H,27,29,32). The Hall–Kier alpha value is -4.70. The van der Waals surface area contributed by atoms with E-state index in [4.69, 9.17) is 9.47 Å². The Kier molecular flexibility index (Phi) is 6.33. The summed E-state index contributed by atoms with van der Waals surface area (Å²) in [4.78, 5) is 34.0. The van der Waals surface area contributed by atoms with Gasteiger partial charge in [-0.3, -0.25) is 14.6 Å². The summed E-state index contributed by atoms with van der Waals surface area (Å²) in [6.45, 7) is 0. The fourth-order valence-electron chi connectivity index (χ4n) is 3.64. The molecule has 2 aromatic carbocycles. The van der Waals surface area contributed by atoms with E-state index in [0.717, 1.165) is 10.4 Å². The van der Waals surface area contributed by atoms with Crippen LogP contribution in [0.2, 0.25) is 0 Å². The second-order valence-electron chi connectivity index (χ2n) is 7.65. The maximum atomic E-state index is 13.2. The molecule has 0 radical (unpaired) electrons. The number of aromatic nitrogens is 4. The first-order chi connectivity index (χ1) is 17.6. The Labute approximate surface area is 210 Å². The molecule has 0 atom stereocenters. The van der Waals surface area contributed by atoms with Crippen molar-refractivity contribution in [3.8, 4) is 39.3 Å². The molecule has 0 aliphatic heterocycles. The number of nitrogens with one attached hydrogen (secondary N) is 2. The van der Waals surface area contributed by atoms with E-state index in [1.807, 2.05) is 47.8 Å². The highest BCUT2D eigenvalue weighted by atomic mass is 32.1. The highest BCUT2D eigenvalue weighted by molar-refractivity contribution is 7.13. The quantitative estimate of drug-likeness (QED) is 0.338. The first-order valence-corrected chi connectivity index (χ1v) is 11.8. The lowest BCUT2D eigenvalue weighted by Gasteiger charge is -2.11. The highest BCUT2D eigenvalue weighted by Crippen LogP contribution is 2.30. The SMILES string of the molecule is COc1ccc(C(=O)Nc2cc(-c3cccs3)nn2-c2nc(-c3ccccc3)cc(=O)[nH]2)cc1OC. The molecular weight excluding hydrogens is 478 g/mol. The van der Waals surface area contributed by atoms with Crippen LogP contribution in [0.15, 0.2) is 83.0 Å². The fraction of sp³-hybridized carbons (Fsp3) is 0.0769. The first kappa shape index (κ1) is 23.1. The van der Waals surface area contributed by atoms with E-state index in [0.29, 0.717) is 34.3 Å². The molecule has 0 fully saturated rings. The second kappa shape index (κ2) is 9.88. The molecule has 0 saturated heterocycles. The number of anilines is 1. The van der Waals surface area contributed by atoms with Gasteiger partial charge >= 0.3 is 0 Å². The number of rotatable bonds is 7. The number of methoxy groups -OCH3 is 2. The van der Waals surface area contributed by atoms with Crippen LogP contribution in [0.1, 0.15) is 10.4 Å². The number of ether oxygens (including phenoxy) is 2. The Balaban J connectivity index is 1.57. The van der Waals surface area contributed by atoms with Crippen LogP contribution in [0.3, 0.4) is 0 Å². The maximum absolute atomic E-state index is 13.2. The molecule has 5 aromatic rings. The van der Waals surface area contributed by atoms with E-state index in [1.54, 1.807) is 24.3 Å². The molecule has 2 N–H and O–H groups in total. The molecule has 5 rings (SSSR count). The first-order valence-electron chi connectivity index (χ1n) is 10.9. The summed E-state index contributed by atoms with van der Waals surface area (Å²) in [7, 11) is 3.03. The summed E-state index contributed by atoms with van der Waals surface area (Å²) in [5, 5.41) is 9.46. The summed E-state index contributed by atoms with van der Waals surface area (Å²) in [6.07, 6.45) is 0. The van der Waals surface area contributed by atoms with Crippen LogP contribution >= 0.6 is 11.3 Å². The third-order valence-electron chi connectivity index (χ3n) is 5.37. The predicted molar refractivity (Wildman–Crippen MR) is 138 cm³/mol. The molecule has 3 heterocycles. The van der Waals surface area contributed by atoms with Crippen LogP contribution in [0, 0.1) is 0 Å². The van der Waals surface area contributed by atoms with Gasteiger partial charge < -0.3 is 14.8 Å². The van der Waals surface area contributed by atoms with E-state index in [1.165, 1.54) is 36.3 Å². The van der Waals surface area contributed by atoms with E-state index >= 15 is 0 Å². The van der Waals surface area contributed by atoms with Crippen LogP contribution in [0.4, 0.5) is 5.82 Å². The zero-order valence-electron chi connectivity index (χ0n) is 19.4. The van der Waals surface area contributed by atoms with Crippen molar-refractivity contribution in [2.45, 2.75) is 0 Å². The number of hydrogen-bond donors (Lipinski definition) is 2. The molecule has 0 aliphatic rings. The summed E-state index contributed by atoms with van der Waals surface area (Å²) < 4.78 is 12.0. The molecule has 36 heavy (non-hydrogen) atoms. The zero-order valence-corrected chi connectivity index (χ0v) is 20.2. The Bertz CT molecular complexity index is 1580. The Morgan fingerprint density at radius 3 is 2.47 bits per heavy atom. The van der Waals surface area contributed by atoms with Crippen molar-refractivity contribution < 1.29 is 14.3 Å². The molecule has 0 bridgehead atoms. The lowest BCUT2D eigenvalue weighted by Crippen LogP contribution is -2.19. The number of carbonyl (C=O) groups is 1. The molecule has 0 saturated carbocycles. The minimum Gasteiger partial charge on any atom is -0.493 e. The minimum absolute atomic E-state index is 0.173. The van der Waals surface area contributed by atoms with Gasteiger partial charge in [0.1, 0.15) is 11.5 Å². The smallest absolute Gasteiger partial charge is 0.256 e. The average molecular weight is 500 g/mol. The lowest BCUT2D eigenvalue weighted by atomic mass is 10.1. The molecule has 0 aliphatic carbocycles. The van der Waals surface area contributed by atoms with E-state index in [9.17, 15) is 9.59 Å². The molecule has 10 heteroatoms. The third kappa shape index (κ3) is 4.62. The van der Waals surface area contributed by atoms with Crippen molar-refractivity contribution in [2.75, 3.05) is 19.5 Å². The number of hydrogen-bond acceptors (Lipinski definition) is 7. The van der Waals surface area contributed by atoms with E-state index in [2.05, 4.69) is 20.4 Å². The number of amides is 1. The van der Waals surface area contributed by atoms with Crippen molar-refractivity contribution in [1.29, 1.82) is 0 Å². The lowest BCUT2D eigenvalue weighted by molar-refractivity contribution is 0.102. The van der Waals surface area contributed by atoms with Gasteiger partial charge in [-0.05, 0) is 29.6 Å². The average Bonchev–Trinajstić information content (AvgIpc) is 3.59. The van der Waals surface area contributed by atoms with Crippen LogP contribution in [-0.2, 0) is 0 Å². The molecule has 9 nitrogen and oxygen atoms in total. The van der Waals surface area contributed by atoms with Gasteiger partial charge in [-0.2, -0.15) is 9.78 Å². The number of H-pyrrole nitrogens is 1. The van der Waals surface area contributed by atoms with Gasteiger partial charge in [0.2, 0.25) is 5.95 Å². The van der Waals surface area contributed by atoms with Crippen molar-refractivity contribution in [3.05, 3.63) is 94.1 Å². The topological polar surface area (TPSA) is 111 Å². The second-order valence-corrected chi connectivity index (χ2v) is 8.60. The van der Waals surface area contributed by atoms with Crippen molar-refractivity contribution in [2.24, 2.45) is 0 Å². The van der Waals surface area contributed by atoms with Crippen molar-refractivity contribution in [1.82, 2.24) is 19.7 Å². The van der Waals surface area contributed by atoms with E-state index < -0.39 is 5.91 Å². The molecule has 3 aromatic heterocycles. The molecule has 180 valence electrons. The summed E-state index contributed by atoms with van der Waals surface area (Å²) in [6, 6.07) is 21.2. The Morgan fingerprint density at radius 1 is 0.944 bits per heavy atom. The predicted octanol–water partition coefficient (Wildman–Crippen LogP) is 4.62. The Morgan fingerprint density at radius 2 is 1.75 bits per heavy atom. The van der Waals surface area contributed by atoms with Gasteiger partial charge in [0, 0.05) is 23.3 Å².